The van der Waals surface area contributed by atoms with Gasteiger partial charge in [-0.3, -0.25) is 24.0 Å². The summed E-state index contributed by atoms with van der Waals surface area (Å²) in [7, 11) is 0. The van der Waals surface area contributed by atoms with Crippen LogP contribution in [0.1, 0.15) is 87.1 Å². The number of nitrogens with zero attached hydrogens (tertiary/aromatic N) is 3. The Kier molecular flexibility index (Phi) is 17.4. The lowest BCUT2D eigenvalue weighted by Crippen LogP contribution is -2.59. The number of ether oxygens (including phenoxy) is 2. The van der Waals surface area contributed by atoms with Crippen LogP contribution in [0.2, 0.25) is 5.02 Å². The first-order chi connectivity index (χ1) is 33.9. The zero-order chi connectivity index (χ0) is 51.0. The van der Waals surface area contributed by atoms with E-state index in [9.17, 15) is 29.1 Å². The van der Waals surface area contributed by atoms with Gasteiger partial charge in [-0.1, -0.05) is 87.0 Å². The maximum absolute atomic E-state index is 15.4. The van der Waals surface area contributed by atoms with Crippen molar-refractivity contribution in [3.05, 3.63) is 124 Å². The van der Waals surface area contributed by atoms with Gasteiger partial charge >= 0.3 is 0 Å². The molecule has 6 atom stereocenters. The number of carbonyl (C=O) groups is 5. The second-order valence-corrected chi connectivity index (χ2v) is 20.5. The van der Waals surface area contributed by atoms with Crippen molar-refractivity contribution in [2.24, 2.45) is 5.41 Å². The highest BCUT2D eigenvalue weighted by Crippen LogP contribution is 2.41. The van der Waals surface area contributed by atoms with Crippen LogP contribution in [0.15, 0.2) is 96.5 Å². The van der Waals surface area contributed by atoms with E-state index in [0.29, 0.717) is 23.6 Å². The maximum Gasteiger partial charge on any atom is 0.246 e. The average Bonchev–Trinajstić information content (AvgIpc) is 3.91. The van der Waals surface area contributed by atoms with Gasteiger partial charge in [-0.05, 0) is 96.3 Å². The van der Waals surface area contributed by atoms with Crippen molar-refractivity contribution >= 4 is 63.7 Å². The number of nitrogens with one attached hydrogen (secondary N) is 3. The predicted molar refractivity (Wildman–Crippen MR) is 274 cm³/mol. The van der Waals surface area contributed by atoms with Crippen LogP contribution < -0.4 is 20.9 Å². The van der Waals surface area contributed by atoms with Crippen molar-refractivity contribution in [3.8, 4) is 21.6 Å². The van der Waals surface area contributed by atoms with Crippen molar-refractivity contribution in [2.45, 2.75) is 104 Å². The number of aryl methyl sites for hydroxylation is 1. The molecule has 1 saturated heterocycles. The second-order valence-electron chi connectivity index (χ2n) is 19.2. The van der Waals surface area contributed by atoms with Crippen molar-refractivity contribution < 1.29 is 42.9 Å². The molecule has 0 radical (unpaired) electrons. The monoisotopic (exact) mass is 1010 g/mol. The summed E-state index contributed by atoms with van der Waals surface area (Å²) in [6, 6.07) is 25.9. The van der Waals surface area contributed by atoms with Crippen LogP contribution in [0.25, 0.3) is 21.6 Å². The Balaban J connectivity index is 0.836. The molecule has 1 aromatic heterocycles. The molecule has 0 aliphatic carbocycles. The van der Waals surface area contributed by atoms with E-state index in [2.05, 4.69) is 33.9 Å². The van der Waals surface area contributed by atoms with Gasteiger partial charge in [0.2, 0.25) is 23.6 Å². The number of Topliss-reactive ketones (excluding diaryl/α,β-unsaturated/α-hetero) is 1. The molecule has 5 aromatic rings. The quantitative estimate of drug-likeness (QED) is 0.0463. The van der Waals surface area contributed by atoms with Crippen molar-refractivity contribution in [3.63, 3.8) is 0 Å². The van der Waals surface area contributed by atoms with Crippen LogP contribution in [0, 0.1) is 12.3 Å². The maximum atomic E-state index is 15.4. The molecular formula is C54H62ClFN6O8S. The van der Waals surface area contributed by atoms with E-state index in [-0.39, 0.29) is 56.6 Å². The summed E-state index contributed by atoms with van der Waals surface area (Å²) in [5, 5.41) is 20.1. The molecular weight excluding hydrogens is 947 g/mol. The molecule has 0 saturated carbocycles. The number of aliphatic hydroxyl groups excluding tert-OH is 1. The standard InChI is InChI=1S/C54H62ClFN6O8S/c1-32-26-43(59-41-20-18-40(55)19-21-41)42-27-39(17-22-44(42)62(32)34(3)63)36-13-15-37(16-14-36)45(64)8-7-23-69-24-25-70-30-47(66)60-51(54(4,5)6)53(68)61-29-46(65)48(56)49(61)52(67)57-28-35-9-11-38(12-10-35)50-33(2)58-31-71-50/h9-22,27,31-32,43,46,48-49,51,59,65H,7-8,23-26,28-30H2,1-6H3,(H,57,67)(H,60,66)/t32-,43+,46-,48+,49-,51+/m0/s1. The van der Waals surface area contributed by atoms with Gasteiger partial charge in [0, 0.05) is 54.5 Å². The number of aliphatic hydroxyl groups is 1. The number of hydrogen-bond acceptors (Lipinski definition) is 11. The molecule has 14 nitrogen and oxygen atoms in total. The van der Waals surface area contributed by atoms with E-state index in [1.54, 1.807) is 33.2 Å². The number of benzene rings is 4. The SMILES string of the molecule is CC(=O)N1c2ccc(-c3ccc(C(=O)CCCOCCOCC(=O)N[C@H](C(=O)N4C[C@H](O)[C@@H](F)[C@H]4C(=O)NCc4ccc(-c5scnc5C)cc4)C(C)(C)C)cc3)cc2[C@H](Nc2ccc(Cl)cc2)C[C@@H]1C. The lowest BCUT2D eigenvalue weighted by Gasteiger charge is -2.39. The Morgan fingerprint density at radius 2 is 1.59 bits per heavy atom. The highest BCUT2D eigenvalue weighted by atomic mass is 35.5. The Morgan fingerprint density at radius 1 is 0.915 bits per heavy atom. The number of aromatic nitrogens is 1. The smallest absolute Gasteiger partial charge is 0.246 e. The Morgan fingerprint density at radius 3 is 2.25 bits per heavy atom. The summed E-state index contributed by atoms with van der Waals surface area (Å²) >= 11 is 7.66. The van der Waals surface area contributed by atoms with Gasteiger partial charge in [0.05, 0.1) is 41.9 Å². The van der Waals surface area contributed by atoms with Crippen molar-refractivity contribution in [2.75, 3.05) is 43.2 Å². The topological polar surface area (TPSA) is 179 Å². The Bertz CT molecular complexity index is 2680. The summed E-state index contributed by atoms with van der Waals surface area (Å²) < 4.78 is 26.6. The number of halogens is 2. The van der Waals surface area contributed by atoms with Crippen LogP contribution in [0.3, 0.4) is 0 Å². The fourth-order valence-corrected chi connectivity index (χ4v) is 10.0. The minimum atomic E-state index is -2.03. The largest absolute Gasteiger partial charge is 0.388 e. The zero-order valence-electron chi connectivity index (χ0n) is 40.9. The summed E-state index contributed by atoms with van der Waals surface area (Å²) in [6.07, 6.45) is -2.16. The minimum Gasteiger partial charge on any atom is -0.388 e. The summed E-state index contributed by atoms with van der Waals surface area (Å²) in [4.78, 5) is 74.4. The lowest BCUT2D eigenvalue weighted by molar-refractivity contribution is -0.145. The number of amides is 4. The second kappa shape index (κ2) is 23.5. The van der Waals surface area contributed by atoms with Crippen LogP contribution in [-0.4, -0.2) is 108 Å². The molecule has 4 N–H and O–H groups in total. The number of ketones is 1. The molecule has 3 heterocycles. The minimum absolute atomic E-state index is 0.00143. The third-order valence-corrected chi connectivity index (χ3v) is 14.1. The van der Waals surface area contributed by atoms with Crippen molar-refractivity contribution in [1.29, 1.82) is 0 Å². The molecule has 376 valence electrons. The number of rotatable bonds is 19. The van der Waals surface area contributed by atoms with Gasteiger partial charge in [0.25, 0.3) is 0 Å². The van der Waals surface area contributed by atoms with Gasteiger partial charge in [0.15, 0.2) is 12.0 Å². The fourth-order valence-electron chi connectivity index (χ4n) is 9.10. The number of likely N-dealkylation sites (tertiary alicyclic amines) is 1. The summed E-state index contributed by atoms with van der Waals surface area (Å²) in [5.74, 6) is -2.10. The van der Waals surface area contributed by atoms with E-state index in [1.807, 2.05) is 96.8 Å². The third-order valence-electron chi connectivity index (χ3n) is 12.8. The lowest BCUT2D eigenvalue weighted by atomic mass is 9.85. The summed E-state index contributed by atoms with van der Waals surface area (Å²) in [6.45, 7) is 10.6. The fraction of sp³-hybridized carbons (Fsp3) is 0.407. The molecule has 2 aliphatic rings. The predicted octanol–water partition coefficient (Wildman–Crippen LogP) is 8.49. The molecule has 17 heteroatoms. The molecule has 0 bridgehead atoms. The van der Waals surface area contributed by atoms with Crippen molar-refractivity contribution in [1.82, 2.24) is 20.5 Å². The number of alkyl halides is 1. The molecule has 2 aliphatic heterocycles. The third kappa shape index (κ3) is 13.1. The first-order valence-corrected chi connectivity index (χ1v) is 25.1. The molecule has 7 rings (SSSR count). The number of anilines is 2. The molecule has 4 aromatic carbocycles. The zero-order valence-corrected chi connectivity index (χ0v) is 42.4. The van der Waals surface area contributed by atoms with E-state index in [1.165, 1.54) is 11.3 Å². The van der Waals surface area contributed by atoms with Crippen LogP contribution in [0.5, 0.6) is 0 Å². The molecule has 1 fully saturated rings. The first-order valence-electron chi connectivity index (χ1n) is 23.8. The number of thiazole rings is 1. The van der Waals surface area contributed by atoms with Crippen LogP contribution in [-0.2, 0) is 35.2 Å². The first kappa shape index (κ1) is 52.8. The van der Waals surface area contributed by atoms with E-state index >= 15 is 4.39 Å². The number of fused-ring (bicyclic) bond motifs is 1. The Hall–Kier alpha value is -6.04. The van der Waals surface area contributed by atoms with Gasteiger partial charge in [-0.2, -0.15) is 0 Å². The van der Waals surface area contributed by atoms with Crippen LogP contribution in [0.4, 0.5) is 15.8 Å². The van der Waals surface area contributed by atoms with E-state index in [0.717, 1.165) is 61.1 Å². The average molecular weight is 1010 g/mol. The highest BCUT2D eigenvalue weighted by Gasteiger charge is 2.50. The molecule has 71 heavy (non-hydrogen) atoms. The number of carbonyl (C=O) groups excluding carboxylic acids is 5. The molecule has 0 unspecified atom stereocenters. The highest BCUT2D eigenvalue weighted by molar-refractivity contribution is 7.13. The number of β-amino-alcohol motifs (C(OH)–C–C–N with tert-alkyl or cyclic N) is 1. The Labute approximate surface area is 423 Å². The van der Waals surface area contributed by atoms with Gasteiger partial charge < -0.3 is 40.3 Å². The van der Waals surface area contributed by atoms with Crippen LogP contribution >= 0.6 is 22.9 Å². The van der Waals surface area contributed by atoms with E-state index < -0.39 is 54.0 Å². The van der Waals surface area contributed by atoms with Gasteiger partial charge in [-0.15, -0.1) is 11.3 Å². The molecule has 4 amide bonds. The number of hydrogen-bond donors (Lipinski definition) is 4. The van der Waals surface area contributed by atoms with E-state index in [4.69, 9.17) is 21.1 Å². The van der Waals surface area contributed by atoms with Gasteiger partial charge in [-0.25, -0.2) is 9.37 Å². The normalized spacial score (nSPS) is 19.2. The summed E-state index contributed by atoms with van der Waals surface area (Å²) in [5.41, 5.74) is 8.87. The molecule has 0 spiro atoms. The van der Waals surface area contributed by atoms with Gasteiger partial charge in [0.1, 0.15) is 24.8 Å².